The Morgan fingerprint density at radius 3 is 2.00 bits per heavy atom. The number of hydrogen-bond donors (Lipinski definition) is 1. The van der Waals surface area contributed by atoms with Gasteiger partial charge in [-0.25, -0.2) is 4.90 Å². The minimum absolute atomic E-state index is 0.243. The smallest absolute Gasteiger partial charge is 0.239 e. The molecule has 0 fully saturated rings. The second kappa shape index (κ2) is 16.6. The van der Waals surface area contributed by atoms with Gasteiger partial charge in [0, 0.05) is 0 Å². The first-order valence-corrected chi connectivity index (χ1v) is 11.0. The molecule has 1 N–H and O–H groups in total. The fourth-order valence-corrected chi connectivity index (χ4v) is 3.47. The van der Waals surface area contributed by atoms with Crippen LogP contribution in [0.3, 0.4) is 0 Å². The molecule has 1 heterocycles. The van der Waals surface area contributed by atoms with Crippen LogP contribution in [0.4, 0.5) is 0 Å². The molecule has 25 heavy (non-hydrogen) atoms. The van der Waals surface area contributed by atoms with E-state index in [1.54, 1.807) is 0 Å². The van der Waals surface area contributed by atoms with E-state index in [1.807, 2.05) is 0 Å². The van der Waals surface area contributed by atoms with Crippen LogP contribution in [-0.2, 0) is 0 Å². The molecule has 0 aromatic heterocycles. The summed E-state index contributed by atoms with van der Waals surface area (Å²) in [6, 6.07) is 0. The van der Waals surface area contributed by atoms with Crippen LogP contribution >= 0.6 is 0 Å². The molecule has 0 radical (unpaired) electrons. The normalized spacial score (nSPS) is 14.6. The minimum Gasteiger partial charge on any atom is -0.392 e. The molecule has 0 unspecified atom stereocenters. The summed E-state index contributed by atoms with van der Waals surface area (Å²) in [5, 5.41) is 8.93. The number of rotatable bonds is 17. The van der Waals surface area contributed by atoms with Crippen LogP contribution < -0.4 is 0 Å². The number of nitrogens with zero attached hydrogens (tertiary/aromatic N) is 2. The molecule has 0 amide bonds. The van der Waals surface area contributed by atoms with Gasteiger partial charge >= 0.3 is 0 Å². The van der Waals surface area contributed by atoms with E-state index in [4.69, 9.17) is 5.11 Å². The first-order chi connectivity index (χ1) is 12.4. The maximum atomic E-state index is 8.93. The Balaban J connectivity index is 1.80. The largest absolute Gasteiger partial charge is 0.392 e. The molecule has 3 heteroatoms. The van der Waals surface area contributed by atoms with Crippen molar-refractivity contribution in [1.29, 1.82) is 0 Å². The summed E-state index contributed by atoms with van der Waals surface area (Å²) in [4.78, 5) is 2.23. The highest BCUT2D eigenvalue weighted by Gasteiger charge is 2.15. The van der Waals surface area contributed by atoms with Crippen molar-refractivity contribution in [1.82, 2.24) is 4.90 Å². The molecule has 0 bridgehead atoms. The van der Waals surface area contributed by atoms with E-state index in [2.05, 4.69) is 35.0 Å². The maximum Gasteiger partial charge on any atom is 0.239 e. The number of hydrogen-bond acceptors (Lipinski definition) is 2. The van der Waals surface area contributed by atoms with E-state index < -0.39 is 0 Å². The van der Waals surface area contributed by atoms with Gasteiger partial charge in [0.15, 0.2) is 0 Å². The Kier molecular flexibility index (Phi) is 14.8. The van der Waals surface area contributed by atoms with Gasteiger partial charge in [-0.1, -0.05) is 84.0 Å². The third-order valence-corrected chi connectivity index (χ3v) is 5.12. The molecule has 1 aliphatic heterocycles. The van der Waals surface area contributed by atoms with Crippen molar-refractivity contribution in [2.24, 2.45) is 0 Å². The zero-order chi connectivity index (χ0) is 18.0. The standard InChI is InChI=1S/C22H43N2O/c1-2-3-4-5-6-7-8-9-10-11-12-13-14-15-16-17-23-18-19-24(22-23)20-21-25/h16-17,22,25H,2-15,18-21H2,1H3/q+1. The van der Waals surface area contributed by atoms with Crippen LogP contribution in [-0.4, -0.2) is 47.2 Å². The highest BCUT2D eigenvalue weighted by atomic mass is 16.3. The number of allylic oxidation sites excluding steroid dienone is 1. The lowest BCUT2D eigenvalue weighted by Gasteiger charge is -2.02. The first-order valence-electron chi connectivity index (χ1n) is 11.0. The number of aliphatic hydroxyl groups excluding tert-OH is 1. The molecule has 146 valence electrons. The Morgan fingerprint density at radius 1 is 0.880 bits per heavy atom. The second-order valence-corrected chi connectivity index (χ2v) is 7.53. The van der Waals surface area contributed by atoms with Crippen molar-refractivity contribution >= 4 is 6.34 Å². The van der Waals surface area contributed by atoms with Crippen LogP contribution in [0.2, 0.25) is 0 Å². The summed E-state index contributed by atoms with van der Waals surface area (Å²) in [5.41, 5.74) is 0. The average Bonchev–Trinajstić information content (AvgIpc) is 3.06. The Labute approximate surface area is 156 Å². The Hall–Kier alpha value is -0.830. The minimum atomic E-state index is 0.243. The topological polar surface area (TPSA) is 26.5 Å². The predicted octanol–water partition coefficient (Wildman–Crippen LogP) is 5.33. The van der Waals surface area contributed by atoms with Gasteiger partial charge in [-0.3, -0.25) is 4.58 Å². The summed E-state index contributed by atoms with van der Waals surface area (Å²) in [7, 11) is 0. The van der Waals surface area contributed by atoms with Crippen LogP contribution in [0.25, 0.3) is 0 Å². The van der Waals surface area contributed by atoms with E-state index in [0.717, 1.165) is 19.6 Å². The van der Waals surface area contributed by atoms with Crippen molar-refractivity contribution in [3.8, 4) is 0 Å². The molecular formula is C22H43N2O+. The molecule has 1 rings (SSSR count). The highest BCUT2D eigenvalue weighted by molar-refractivity contribution is 5.52. The molecule has 0 aliphatic carbocycles. The van der Waals surface area contributed by atoms with Crippen LogP contribution in [0.1, 0.15) is 96.8 Å². The van der Waals surface area contributed by atoms with Crippen molar-refractivity contribution in [2.45, 2.75) is 96.8 Å². The summed E-state index contributed by atoms with van der Waals surface area (Å²) in [6.07, 6.45) is 26.3. The lowest BCUT2D eigenvalue weighted by atomic mass is 10.0. The molecule has 3 nitrogen and oxygen atoms in total. The Bertz CT molecular complexity index is 352. The fourth-order valence-electron chi connectivity index (χ4n) is 3.47. The molecule has 0 spiro atoms. The van der Waals surface area contributed by atoms with Gasteiger partial charge in [-0.2, -0.15) is 0 Å². The van der Waals surface area contributed by atoms with Crippen LogP contribution in [0.15, 0.2) is 12.3 Å². The van der Waals surface area contributed by atoms with E-state index in [9.17, 15) is 0 Å². The van der Waals surface area contributed by atoms with E-state index in [1.165, 1.54) is 89.9 Å². The summed E-state index contributed by atoms with van der Waals surface area (Å²) >= 11 is 0. The third-order valence-electron chi connectivity index (χ3n) is 5.12. The van der Waals surface area contributed by atoms with E-state index in [-0.39, 0.29) is 6.61 Å². The maximum absolute atomic E-state index is 8.93. The number of aliphatic hydroxyl groups is 1. The lowest BCUT2D eigenvalue weighted by molar-refractivity contribution is -0.516. The monoisotopic (exact) mass is 351 g/mol. The Morgan fingerprint density at radius 2 is 1.44 bits per heavy atom. The number of unbranched alkanes of at least 4 members (excludes halogenated alkanes) is 13. The summed E-state index contributed by atoms with van der Waals surface area (Å²) in [5.74, 6) is 0. The number of β-amino-alcohol motifs (C(OH)–C–C–N with tert-alkyl or cyclic N) is 1. The SMILES string of the molecule is CCCCCCCCCCCCCCCC=CN1C=[N+](CCO)CC1. The third kappa shape index (κ3) is 13.1. The molecule has 0 aromatic rings. The predicted molar refractivity (Wildman–Crippen MR) is 109 cm³/mol. The van der Waals surface area contributed by atoms with Crippen molar-refractivity contribution in [2.75, 3.05) is 26.2 Å². The molecule has 0 saturated heterocycles. The molecule has 1 aliphatic rings. The zero-order valence-corrected chi connectivity index (χ0v) is 16.8. The van der Waals surface area contributed by atoms with Crippen LogP contribution in [0.5, 0.6) is 0 Å². The summed E-state index contributed by atoms with van der Waals surface area (Å²) in [6.45, 7) is 5.37. The van der Waals surface area contributed by atoms with Gasteiger partial charge in [-0.15, -0.1) is 0 Å². The van der Waals surface area contributed by atoms with Gasteiger partial charge in [0.05, 0.1) is 12.8 Å². The van der Waals surface area contributed by atoms with Gasteiger partial charge in [-0.05, 0) is 18.9 Å². The lowest BCUT2D eigenvalue weighted by Crippen LogP contribution is -2.14. The quantitative estimate of drug-likeness (QED) is 0.283. The molecule has 0 saturated carbocycles. The van der Waals surface area contributed by atoms with Gasteiger partial charge in [0.1, 0.15) is 19.6 Å². The van der Waals surface area contributed by atoms with Crippen molar-refractivity contribution in [3.63, 3.8) is 0 Å². The van der Waals surface area contributed by atoms with Gasteiger partial charge in [0.2, 0.25) is 6.34 Å². The first kappa shape index (κ1) is 22.2. The highest BCUT2D eigenvalue weighted by Crippen LogP contribution is 2.13. The summed E-state index contributed by atoms with van der Waals surface area (Å²) < 4.78 is 2.18. The average molecular weight is 352 g/mol. The van der Waals surface area contributed by atoms with Crippen LogP contribution in [0, 0.1) is 0 Å². The molecule has 0 aromatic carbocycles. The fraction of sp³-hybridized carbons (Fsp3) is 0.864. The zero-order valence-electron chi connectivity index (χ0n) is 16.8. The van der Waals surface area contributed by atoms with E-state index >= 15 is 0 Å². The van der Waals surface area contributed by atoms with Gasteiger partial charge < -0.3 is 5.11 Å². The van der Waals surface area contributed by atoms with Gasteiger partial charge in [0.25, 0.3) is 0 Å². The van der Waals surface area contributed by atoms with Crippen molar-refractivity contribution in [3.05, 3.63) is 12.3 Å². The molecular weight excluding hydrogens is 308 g/mol. The molecule has 0 atom stereocenters. The van der Waals surface area contributed by atoms with Crippen molar-refractivity contribution < 1.29 is 9.68 Å². The second-order valence-electron chi connectivity index (χ2n) is 7.53. The van der Waals surface area contributed by atoms with E-state index in [0.29, 0.717) is 0 Å².